The molecule has 4 aromatic carbocycles. The van der Waals surface area contributed by atoms with Gasteiger partial charge in [-0.05, 0) is 33.3 Å². The van der Waals surface area contributed by atoms with Crippen LogP contribution >= 0.6 is 0 Å². The number of rotatable bonds is 4. The van der Waals surface area contributed by atoms with E-state index in [0.717, 1.165) is 12.1 Å². The fourth-order valence-corrected chi connectivity index (χ4v) is 12.7. The normalized spacial score (nSPS) is 21.5. The van der Waals surface area contributed by atoms with Gasteiger partial charge in [-0.15, -0.1) is 0 Å². The lowest BCUT2D eigenvalue weighted by Gasteiger charge is -2.19. The maximum absolute atomic E-state index is 16.8. The Morgan fingerprint density at radius 3 is 0.838 bits per heavy atom. The van der Waals surface area contributed by atoms with Crippen LogP contribution < -0.4 is 0 Å². The summed E-state index contributed by atoms with van der Waals surface area (Å²) in [7, 11) is 4.21. The quantitative estimate of drug-likeness (QED) is 0.105. The summed E-state index contributed by atoms with van der Waals surface area (Å²) in [4.78, 5) is 18.7. The average molecular weight is 1150 g/mol. The molecule has 0 spiro atoms. The van der Waals surface area contributed by atoms with E-state index >= 15 is 79.0 Å². The van der Waals surface area contributed by atoms with Crippen LogP contribution in [0.5, 0.6) is 0 Å². The van der Waals surface area contributed by atoms with E-state index in [-0.39, 0.29) is 39.3 Å². The zero-order valence-electron chi connectivity index (χ0n) is 40.7. The molecule has 80 heavy (non-hydrogen) atoms. The van der Waals surface area contributed by atoms with Gasteiger partial charge in [-0.2, -0.15) is 0 Å². The molecule has 0 unspecified atom stereocenters. The smallest absolute Gasteiger partial charge is 0.200 e. The molecular formula is C53H31F20N7. The first-order valence-electron chi connectivity index (χ1n) is 24.0. The van der Waals surface area contributed by atoms with Gasteiger partial charge in [-0.3, -0.25) is 9.97 Å². The number of halogens is 20. The van der Waals surface area contributed by atoms with Gasteiger partial charge in [0.25, 0.3) is 0 Å². The van der Waals surface area contributed by atoms with Crippen LogP contribution in [0.4, 0.5) is 87.8 Å². The molecule has 3 fully saturated rings. The molecule has 418 valence electrons. The van der Waals surface area contributed by atoms with Crippen molar-refractivity contribution in [2.45, 2.75) is 35.5 Å². The number of aromatic amines is 2. The molecule has 6 aliphatic rings. The molecule has 2 N–H and O–H groups in total. The first-order valence-corrected chi connectivity index (χ1v) is 24.0. The highest BCUT2D eigenvalue weighted by molar-refractivity contribution is 5.91. The molecule has 3 saturated heterocycles. The second-order valence-electron chi connectivity index (χ2n) is 20.6. The average Bonchev–Trinajstić information content (AvgIpc) is 4.51. The Morgan fingerprint density at radius 1 is 0.275 bits per heavy atom. The Morgan fingerprint density at radius 2 is 0.500 bits per heavy atom. The van der Waals surface area contributed by atoms with Crippen molar-refractivity contribution in [3.05, 3.63) is 163 Å². The fraction of sp³-hybridized carbons (Fsp3) is 0.283. The zero-order chi connectivity index (χ0) is 57.5. The highest BCUT2D eigenvalue weighted by Gasteiger charge is 2.51. The summed E-state index contributed by atoms with van der Waals surface area (Å²) in [6.45, 7) is -2.09. The van der Waals surface area contributed by atoms with Crippen LogP contribution in [0, 0.1) is 116 Å². The summed E-state index contributed by atoms with van der Waals surface area (Å²) in [6, 6.07) is 1.56. The van der Waals surface area contributed by atoms with Crippen LogP contribution in [0.2, 0.25) is 0 Å². The number of likely N-dealkylation sites (tertiary alicyclic amines) is 3. The fourth-order valence-electron chi connectivity index (χ4n) is 12.7. The van der Waals surface area contributed by atoms with Gasteiger partial charge in [0, 0.05) is 119 Å². The SMILES string of the molecule is CN1C[C@@H]2c3nc(c(-c4c(F)c(F)c(F)c(F)c4F)c4[nH]c(c(-c5c(F)c(F)c(F)c(F)c5F)c5ccc([nH]5)c(-c5c(F)c(F)c(F)c(F)c5F)c5nc(c3-c3c(F)c(F)c(F)c(F)c3F)[C@H]3CN(C)C[C@@H]53)[C@H]3CN(C)C[C@@H]43)[C@@H]2C1. The maximum Gasteiger partial charge on any atom is 0.200 e. The molecule has 6 atom stereocenters. The summed E-state index contributed by atoms with van der Waals surface area (Å²) in [5.74, 6) is -60.1. The molecule has 7 nitrogen and oxygen atoms in total. The summed E-state index contributed by atoms with van der Waals surface area (Å²) in [5, 5.41) is 0. The highest BCUT2D eigenvalue weighted by atomic mass is 19.2. The van der Waals surface area contributed by atoms with Crippen molar-refractivity contribution in [2.24, 2.45) is 0 Å². The molecule has 6 aliphatic heterocycles. The number of nitrogens with zero attached hydrogens (tertiary/aromatic N) is 5. The van der Waals surface area contributed by atoms with Crippen LogP contribution in [-0.4, -0.2) is 95.0 Å². The second-order valence-corrected chi connectivity index (χ2v) is 20.6. The van der Waals surface area contributed by atoms with E-state index in [1.54, 1.807) is 0 Å². The summed E-state index contributed by atoms with van der Waals surface area (Å²) in [5.41, 5.74) is -17.1. The van der Waals surface area contributed by atoms with E-state index < -0.39 is 242 Å². The Labute approximate surface area is 435 Å². The van der Waals surface area contributed by atoms with Crippen molar-refractivity contribution in [3.63, 3.8) is 0 Å². The molecule has 0 amide bonds. The largest absolute Gasteiger partial charge is 0.361 e. The van der Waals surface area contributed by atoms with Crippen molar-refractivity contribution < 1.29 is 87.8 Å². The Hall–Kier alpha value is -7.26. The standard InChI is InChI=1S/C53H31F20N7/c1-78-6-12-14(8-78)50-26(24-32(58)40(66)46(72)41(67)33(24)59)52-16-10-80(3)11-17(16)53(77-52)27(25-34(60)42(68)47(73)43(69)35(25)61)51-15-9-79(2)7-13(15)49(76-51)21(23-30(56)38(64)45(71)39(65)31(23)57)19-5-4-18(74-19)20(48(12)75-50)22-28(54)36(62)44(70)37(63)29(22)55/h4-5,12-17,74-75H,6-11H2,1-3H3/t12-,13+,14+,15-,16+,17-/m0/s1. The molecule has 8 bridgehead atoms. The van der Waals surface area contributed by atoms with Gasteiger partial charge < -0.3 is 24.7 Å². The first-order chi connectivity index (χ1) is 37.8. The van der Waals surface area contributed by atoms with E-state index in [1.165, 1.54) is 35.8 Å². The highest BCUT2D eigenvalue weighted by Crippen LogP contribution is 2.58. The lowest BCUT2D eigenvalue weighted by atomic mass is 9.82. The van der Waals surface area contributed by atoms with Crippen molar-refractivity contribution in [3.8, 4) is 44.5 Å². The van der Waals surface area contributed by atoms with Crippen LogP contribution in [0.25, 0.3) is 55.5 Å². The van der Waals surface area contributed by atoms with Gasteiger partial charge in [0.2, 0.25) is 23.3 Å². The van der Waals surface area contributed by atoms with Crippen molar-refractivity contribution in [1.29, 1.82) is 0 Å². The monoisotopic (exact) mass is 1150 g/mol. The van der Waals surface area contributed by atoms with Crippen molar-refractivity contribution in [2.75, 3.05) is 60.4 Å². The van der Waals surface area contributed by atoms with E-state index in [0.29, 0.717) is 0 Å². The minimum Gasteiger partial charge on any atom is -0.361 e. The molecule has 27 heteroatoms. The number of nitrogens with one attached hydrogen (secondary N) is 2. The summed E-state index contributed by atoms with van der Waals surface area (Å²) >= 11 is 0. The third-order valence-corrected chi connectivity index (χ3v) is 16.0. The van der Waals surface area contributed by atoms with Crippen molar-refractivity contribution >= 4 is 11.0 Å². The molecular weight excluding hydrogens is 1110 g/mol. The van der Waals surface area contributed by atoms with Crippen molar-refractivity contribution in [1.82, 2.24) is 34.6 Å². The molecule has 8 heterocycles. The van der Waals surface area contributed by atoms with E-state index in [9.17, 15) is 8.78 Å². The Kier molecular flexibility index (Phi) is 12.3. The van der Waals surface area contributed by atoms with Crippen LogP contribution in [0.1, 0.15) is 69.7 Å². The van der Waals surface area contributed by atoms with Crippen LogP contribution in [0.3, 0.4) is 0 Å². The van der Waals surface area contributed by atoms with Gasteiger partial charge in [0.1, 0.15) is 0 Å². The number of hydrogen-bond acceptors (Lipinski definition) is 5. The number of likely N-dealkylation sites (N-methyl/N-ethyl adjacent to an activating group) is 3. The van der Waals surface area contributed by atoms with E-state index in [4.69, 9.17) is 0 Å². The predicted octanol–water partition coefficient (Wildman–Crippen LogP) is 12.9. The lowest BCUT2D eigenvalue weighted by Crippen LogP contribution is -2.17. The van der Waals surface area contributed by atoms with Gasteiger partial charge in [-0.25, -0.2) is 87.8 Å². The molecule has 0 radical (unpaired) electrons. The lowest BCUT2D eigenvalue weighted by molar-refractivity contribution is 0.380. The molecule has 12 rings (SSSR count). The number of aromatic nitrogens is 4. The number of fused-ring (bicyclic) bond motifs is 17. The summed E-state index contributed by atoms with van der Waals surface area (Å²) in [6.07, 6.45) is 0. The molecule has 0 saturated carbocycles. The minimum absolute atomic E-state index is 0.334. The maximum atomic E-state index is 16.8. The van der Waals surface area contributed by atoms with Gasteiger partial charge in [0.15, 0.2) is 93.1 Å². The van der Waals surface area contributed by atoms with Crippen LogP contribution in [0.15, 0.2) is 12.1 Å². The predicted molar refractivity (Wildman–Crippen MR) is 242 cm³/mol. The Bertz CT molecular complexity index is 3640. The third kappa shape index (κ3) is 7.26. The molecule has 6 aromatic rings. The van der Waals surface area contributed by atoms with Gasteiger partial charge in [-0.1, -0.05) is 0 Å². The topological polar surface area (TPSA) is 67.1 Å². The number of hydrogen-bond donors (Lipinski definition) is 2. The second kappa shape index (κ2) is 18.4. The Balaban J connectivity index is 1.42. The van der Waals surface area contributed by atoms with Crippen LogP contribution in [-0.2, 0) is 0 Å². The number of benzene rings is 4. The molecule has 2 aromatic heterocycles. The zero-order valence-corrected chi connectivity index (χ0v) is 40.7. The van der Waals surface area contributed by atoms with Gasteiger partial charge in [0.05, 0.1) is 45.0 Å². The third-order valence-electron chi connectivity index (χ3n) is 16.0. The van der Waals surface area contributed by atoms with Gasteiger partial charge >= 0.3 is 0 Å². The number of H-pyrrole nitrogens is 2. The summed E-state index contributed by atoms with van der Waals surface area (Å²) < 4.78 is 319. The first kappa shape index (κ1) is 53.4. The van der Waals surface area contributed by atoms with E-state index in [2.05, 4.69) is 19.9 Å². The molecule has 0 aliphatic carbocycles. The minimum atomic E-state index is -2.68. The van der Waals surface area contributed by atoms with E-state index in [1.807, 2.05) is 0 Å².